The van der Waals surface area contributed by atoms with E-state index in [0.717, 1.165) is 38.4 Å². The van der Waals surface area contributed by atoms with Crippen LogP contribution in [0.1, 0.15) is 11.6 Å². The highest BCUT2D eigenvalue weighted by atomic mass is 35.5. The van der Waals surface area contributed by atoms with Gasteiger partial charge in [0.25, 0.3) is 5.91 Å². The van der Waals surface area contributed by atoms with Crippen LogP contribution >= 0.6 is 11.6 Å². The first-order valence-electron chi connectivity index (χ1n) is 8.77. The molecule has 2 saturated heterocycles. The lowest BCUT2D eigenvalue weighted by atomic mass is 9.97. The Kier molecular flexibility index (Phi) is 6.48. The van der Waals surface area contributed by atoms with E-state index in [1.54, 1.807) is 24.1 Å². The highest BCUT2D eigenvalue weighted by molar-refractivity contribution is 6.30. The zero-order valence-corrected chi connectivity index (χ0v) is 15.6. The molecule has 0 unspecified atom stereocenters. The Morgan fingerprint density at radius 3 is 2.65 bits per heavy atom. The van der Waals surface area contributed by atoms with Gasteiger partial charge in [-0.05, 0) is 17.7 Å². The van der Waals surface area contributed by atoms with Gasteiger partial charge in [0.1, 0.15) is 6.61 Å². The predicted octanol–water partition coefficient (Wildman–Crippen LogP) is 0.687. The summed E-state index contributed by atoms with van der Waals surface area (Å²) in [4.78, 5) is 28.6. The van der Waals surface area contributed by atoms with Crippen LogP contribution in [0, 0.1) is 0 Å². The van der Waals surface area contributed by atoms with Crippen molar-refractivity contribution >= 4 is 23.4 Å². The third kappa shape index (κ3) is 4.54. The molecule has 2 atom stereocenters. The fourth-order valence-electron chi connectivity index (χ4n) is 3.25. The molecular formula is C18H24ClN3O4. The van der Waals surface area contributed by atoms with Gasteiger partial charge in [-0.25, -0.2) is 0 Å². The molecule has 2 aliphatic heterocycles. The van der Waals surface area contributed by atoms with Crippen LogP contribution in [0.2, 0.25) is 5.02 Å². The van der Waals surface area contributed by atoms with Crippen molar-refractivity contribution in [1.82, 2.24) is 15.1 Å². The molecule has 2 fully saturated rings. The van der Waals surface area contributed by atoms with E-state index in [2.05, 4.69) is 10.2 Å². The highest BCUT2D eigenvalue weighted by Crippen LogP contribution is 2.30. The molecule has 0 aliphatic carbocycles. The molecule has 142 valence electrons. The molecule has 7 nitrogen and oxygen atoms in total. The molecule has 1 aromatic carbocycles. The van der Waals surface area contributed by atoms with Crippen molar-refractivity contribution in [2.45, 2.75) is 12.1 Å². The third-order valence-electron chi connectivity index (χ3n) is 4.78. The minimum atomic E-state index is -0.747. The number of morpholine rings is 2. The van der Waals surface area contributed by atoms with Crippen molar-refractivity contribution in [3.63, 3.8) is 0 Å². The number of hydrogen-bond acceptors (Lipinski definition) is 5. The van der Waals surface area contributed by atoms with Crippen molar-refractivity contribution in [3.8, 4) is 0 Å². The van der Waals surface area contributed by atoms with Crippen LogP contribution in [-0.4, -0.2) is 80.8 Å². The number of amides is 2. The van der Waals surface area contributed by atoms with Crippen molar-refractivity contribution in [1.29, 1.82) is 0 Å². The number of benzene rings is 1. The summed E-state index contributed by atoms with van der Waals surface area (Å²) in [6, 6.07) is 6.66. The van der Waals surface area contributed by atoms with Crippen LogP contribution in [-0.2, 0) is 19.1 Å². The fourth-order valence-corrected chi connectivity index (χ4v) is 3.38. The van der Waals surface area contributed by atoms with Gasteiger partial charge in [-0.3, -0.25) is 14.5 Å². The molecule has 1 N–H and O–H groups in total. The minimum Gasteiger partial charge on any atom is -0.379 e. The maximum absolute atomic E-state index is 12.7. The third-order valence-corrected chi connectivity index (χ3v) is 5.04. The molecule has 0 radical (unpaired) electrons. The van der Waals surface area contributed by atoms with Crippen LogP contribution in [0.4, 0.5) is 0 Å². The van der Waals surface area contributed by atoms with Gasteiger partial charge in [-0.1, -0.05) is 23.7 Å². The number of carbonyl (C=O) groups is 2. The normalized spacial score (nSPS) is 24.5. The largest absolute Gasteiger partial charge is 0.379 e. The van der Waals surface area contributed by atoms with E-state index < -0.39 is 12.1 Å². The molecule has 2 aliphatic rings. The first-order chi connectivity index (χ1) is 12.6. The van der Waals surface area contributed by atoms with Gasteiger partial charge in [0, 0.05) is 38.2 Å². The van der Waals surface area contributed by atoms with E-state index in [0.29, 0.717) is 11.6 Å². The van der Waals surface area contributed by atoms with Crippen molar-refractivity contribution < 1.29 is 19.1 Å². The first-order valence-corrected chi connectivity index (χ1v) is 9.14. The Morgan fingerprint density at radius 2 is 1.96 bits per heavy atom. The molecule has 1 aromatic rings. The second-order valence-electron chi connectivity index (χ2n) is 6.48. The van der Waals surface area contributed by atoms with Gasteiger partial charge in [-0.15, -0.1) is 0 Å². The Morgan fingerprint density at radius 1 is 1.27 bits per heavy atom. The number of ether oxygens (including phenoxy) is 2. The maximum Gasteiger partial charge on any atom is 0.251 e. The smallest absolute Gasteiger partial charge is 0.251 e. The number of likely N-dealkylation sites (N-methyl/N-ethyl adjacent to an activating group) is 1. The maximum atomic E-state index is 12.7. The van der Waals surface area contributed by atoms with Crippen LogP contribution in [0.3, 0.4) is 0 Å². The van der Waals surface area contributed by atoms with Crippen molar-refractivity contribution in [3.05, 3.63) is 34.9 Å². The minimum absolute atomic E-state index is 0.0951. The molecule has 3 rings (SSSR count). The Balaban J connectivity index is 1.63. The summed E-state index contributed by atoms with van der Waals surface area (Å²) >= 11 is 5.95. The summed E-state index contributed by atoms with van der Waals surface area (Å²) < 4.78 is 10.9. The van der Waals surface area contributed by atoms with E-state index in [4.69, 9.17) is 21.1 Å². The summed E-state index contributed by atoms with van der Waals surface area (Å²) in [5.41, 5.74) is 0.818. The van der Waals surface area contributed by atoms with Gasteiger partial charge >= 0.3 is 0 Å². The average Bonchev–Trinajstić information content (AvgIpc) is 2.65. The monoisotopic (exact) mass is 381 g/mol. The lowest BCUT2D eigenvalue weighted by molar-refractivity contribution is -0.162. The molecule has 0 saturated carbocycles. The van der Waals surface area contributed by atoms with E-state index in [9.17, 15) is 9.59 Å². The van der Waals surface area contributed by atoms with E-state index in [1.807, 2.05) is 12.1 Å². The Labute approximate surface area is 158 Å². The lowest BCUT2D eigenvalue weighted by Crippen LogP contribution is -2.53. The number of nitrogens with one attached hydrogen (secondary N) is 1. The summed E-state index contributed by atoms with van der Waals surface area (Å²) in [6.07, 6.45) is -0.747. The first kappa shape index (κ1) is 19.1. The average molecular weight is 382 g/mol. The molecule has 0 aromatic heterocycles. The van der Waals surface area contributed by atoms with Gasteiger partial charge in [0.15, 0.2) is 6.10 Å². The van der Waals surface area contributed by atoms with E-state index in [-0.39, 0.29) is 18.4 Å². The molecule has 26 heavy (non-hydrogen) atoms. The second-order valence-corrected chi connectivity index (χ2v) is 6.91. The number of rotatable bonds is 5. The predicted molar refractivity (Wildman–Crippen MR) is 97.0 cm³/mol. The zero-order valence-electron chi connectivity index (χ0n) is 14.8. The van der Waals surface area contributed by atoms with Crippen molar-refractivity contribution in [2.24, 2.45) is 0 Å². The topological polar surface area (TPSA) is 71.1 Å². The van der Waals surface area contributed by atoms with E-state index >= 15 is 0 Å². The number of halogens is 1. The summed E-state index contributed by atoms with van der Waals surface area (Å²) in [5, 5.41) is 3.54. The standard InChI is InChI=1S/C18H24ClN3O4/c1-21-15(23)12-26-17(16(21)13-2-4-14(19)5-3-13)18(24)20-6-7-22-8-10-25-11-9-22/h2-5,16-17H,6-12H2,1H3,(H,20,24)/t16-,17+/m1/s1. The number of hydrogen-bond donors (Lipinski definition) is 1. The summed E-state index contributed by atoms with van der Waals surface area (Å²) in [5.74, 6) is -0.361. The van der Waals surface area contributed by atoms with Crippen LogP contribution < -0.4 is 5.32 Å². The number of carbonyl (C=O) groups excluding carboxylic acids is 2. The highest BCUT2D eigenvalue weighted by Gasteiger charge is 2.39. The second kappa shape index (κ2) is 8.81. The quantitative estimate of drug-likeness (QED) is 0.812. The SMILES string of the molecule is CN1C(=O)CO[C@H](C(=O)NCCN2CCOCC2)[C@H]1c1ccc(Cl)cc1. The molecular weight excluding hydrogens is 358 g/mol. The Hall–Kier alpha value is -1.67. The zero-order chi connectivity index (χ0) is 18.5. The summed E-state index contributed by atoms with van der Waals surface area (Å²) in [7, 11) is 1.69. The van der Waals surface area contributed by atoms with Gasteiger partial charge in [0.05, 0.1) is 19.3 Å². The number of nitrogens with zero attached hydrogens (tertiary/aromatic N) is 2. The van der Waals surface area contributed by atoms with Crippen molar-refractivity contribution in [2.75, 3.05) is 53.0 Å². The van der Waals surface area contributed by atoms with Crippen LogP contribution in [0.15, 0.2) is 24.3 Å². The Bertz CT molecular complexity index is 634. The molecule has 8 heteroatoms. The van der Waals surface area contributed by atoms with E-state index in [1.165, 1.54) is 0 Å². The molecule has 0 spiro atoms. The molecule has 2 heterocycles. The lowest BCUT2D eigenvalue weighted by Gasteiger charge is -2.38. The van der Waals surface area contributed by atoms with Gasteiger partial charge < -0.3 is 19.7 Å². The van der Waals surface area contributed by atoms with Crippen LogP contribution in [0.5, 0.6) is 0 Å². The van der Waals surface area contributed by atoms with Crippen LogP contribution in [0.25, 0.3) is 0 Å². The molecule has 2 amide bonds. The molecule has 0 bridgehead atoms. The van der Waals surface area contributed by atoms with Gasteiger partial charge in [0.2, 0.25) is 5.91 Å². The fraction of sp³-hybridized carbons (Fsp3) is 0.556. The van der Waals surface area contributed by atoms with Gasteiger partial charge in [-0.2, -0.15) is 0 Å². The summed E-state index contributed by atoms with van der Waals surface area (Å²) in [6.45, 7) is 4.41.